The third-order valence-electron chi connectivity index (χ3n) is 4.04. The van der Waals surface area contributed by atoms with Gasteiger partial charge in [-0.25, -0.2) is 0 Å². The monoisotopic (exact) mass is 324 g/mol. The van der Waals surface area contributed by atoms with E-state index in [1.165, 1.54) is 0 Å². The highest BCUT2D eigenvalue weighted by atomic mass is 16.2. The number of para-hydroxylation sites is 1. The van der Waals surface area contributed by atoms with Crippen LogP contribution in [-0.2, 0) is 16.1 Å². The van der Waals surface area contributed by atoms with Crippen LogP contribution < -0.4 is 10.2 Å². The molecule has 0 aliphatic carbocycles. The number of hydrogen-bond acceptors (Lipinski definition) is 4. The Balaban J connectivity index is 1.48. The van der Waals surface area contributed by atoms with E-state index in [1.54, 1.807) is 11.1 Å². The molecule has 124 valence electrons. The Hall–Kier alpha value is -2.89. The Kier molecular flexibility index (Phi) is 5.05. The van der Waals surface area contributed by atoms with Crippen LogP contribution in [0.2, 0.25) is 0 Å². The molecular weight excluding hydrogens is 304 g/mol. The summed E-state index contributed by atoms with van der Waals surface area (Å²) in [6.45, 7) is 2.80. The second kappa shape index (κ2) is 7.59. The van der Waals surface area contributed by atoms with Crippen LogP contribution in [0.3, 0.4) is 0 Å². The van der Waals surface area contributed by atoms with Gasteiger partial charge in [0.2, 0.25) is 0 Å². The lowest BCUT2D eigenvalue weighted by atomic mass is 10.2. The van der Waals surface area contributed by atoms with Crippen LogP contribution >= 0.6 is 0 Å². The minimum absolute atomic E-state index is 0.259. The zero-order chi connectivity index (χ0) is 16.8. The largest absolute Gasteiger partial charge is 0.368 e. The Labute approximate surface area is 141 Å². The summed E-state index contributed by atoms with van der Waals surface area (Å²) in [4.78, 5) is 32.2. The molecule has 1 aliphatic rings. The fourth-order valence-electron chi connectivity index (χ4n) is 2.70. The molecule has 1 aromatic heterocycles. The second-order valence-electron chi connectivity index (χ2n) is 5.62. The van der Waals surface area contributed by atoms with Crippen LogP contribution in [0, 0.1) is 0 Å². The third kappa shape index (κ3) is 3.90. The Morgan fingerprint density at radius 3 is 2.33 bits per heavy atom. The molecule has 2 aromatic rings. The van der Waals surface area contributed by atoms with E-state index in [9.17, 15) is 9.59 Å². The van der Waals surface area contributed by atoms with Gasteiger partial charge in [-0.1, -0.05) is 24.3 Å². The zero-order valence-electron chi connectivity index (χ0n) is 13.4. The highest BCUT2D eigenvalue weighted by Gasteiger charge is 2.25. The number of hydrogen-bond donors (Lipinski definition) is 1. The minimum atomic E-state index is -0.575. The summed E-state index contributed by atoms with van der Waals surface area (Å²) in [5.41, 5.74) is 1.87. The summed E-state index contributed by atoms with van der Waals surface area (Å²) in [5.74, 6) is -1.05. The summed E-state index contributed by atoms with van der Waals surface area (Å²) in [6, 6.07) is 15.5. The van der Waals surface area contributed by atoms with E-state index in [0.29, 0.717) is 13.1 Å². The number of benzene rings is 1. The van der Waals surface area contributed by atoms with Gasteiger partial charge >= 0.3 is 11.8 Å². The first-order valence-electron chi connectivity index (χ1n) is 8.01. The van der Waals surface area contributed by atoms with Gasteiger partial charge < -0.3 is 15.1 Å². The van der Waals surface area contributed by atoms with E-state index >= 15 is 0 Å². The molecule has 0 unspecified atom stereocenters. The predicted octanol–water partition coefficient (Wildman–Crippen LogP) is 1.05. The third-order valence-corrected chi connectivity index (χ3v) is 4.04. The number of piperazine rings is 1. The average Bonchev–Trinajstić information content (AvgIpc) is 2.67. The van der Waals surface area contributed by atoms with Crippen LogP contribution in [0.4, 0.5) is 5.69 Å². The maximum absolute atomic E-state index is 12.2. The predicted molar refractivity (Wildman–Crippen MR) is 91.3 cm³/mol. The van der Waals surface area contributed by atoms with Crippen molar-refractivity contribution < 1.29 is 9.59 Å². The minimum Gasteiger partial charge on any atom is -0.368 e. The molecule has 2 heterocycles. The van der Waals surface area contributed by atoms with E-state index in [-0.39, 0.29) is 6.54 Å². The number of carbonyl (C=O) groups is 2. The highest BCUT2D eigenvalue weighted by molar-refractivity contribution is 6.35. The molecule has 1 N–H and O–H groups in total. The van der Waals surface area contributed by atoms with E-state index < -0.39 is 11.8 Å². The Morgan fingerprint density at radius 1 is 0.958 bits per heavy atom. The van der Waals surface area contributed by atoms with Gasteiger partial charge in [-0.3, -0.25) is 14.6 Å². The van der Waals surface area contributed by atoms with Crippen LogP contribution in [0.1, 0.15) is 5.69 Å². The number of rotatable bonds is 3. The van der Waals surface area contributed by atoms with Gasteiger partial charge in [-0.15, -0.1) is 0 Å². The molecule has 6 heteroatoms. The van der Waals surface area contributed by atoms with E-state index in [2.05, 4.69) is 27.3 Å². The summed E-state index contributed by atoms with van der Waals surface area (Å²) in [5, 5.41) is 2.63. The first-order chi connectivity index (χ1) is 11.7. The summed E-state index contributed by atoms with van der Waals surface area (Å²) in [7, 11) is 0. The molecule has 2 amide bonds. The highest BCUT2D eigenvalue weighted by Crippen LogP contribution is 2.15. The van der Waals surface area contributed by atoms with Crippen molar-refractivity contribution in [3.05, 3.63) is 60.4 Å². The lowest BCUT2D eigenvalue weighted by Crippen LogP contribution is -2.52. The number of carbonyl (C=O) groups excluding carboxylic acids is 2. The first kappa shape index (κ1) is 16.0. The van der Waals surface area contributed by atoms with Crippen molar-refractivity contribution in [3.8, 4) is 0 Å². The van der Waals surface area contributed by atoms with Crippen LogP contribution in [0.15, 0.2) is 54.7 Å². The second-order valence-corrected chi connectivity index (χ2v) is 5.62. The van der Waals surface area contributed by atoms with E-state index in [4.69, 9.17) is 0 Å². The van der Waals surface area contributed by atoms with Gasteiger partial charge in [0.25, 0.3) is 0 Å². The maximum atomic E-state index is 12.2. The molecule has 0 atom stereocenters. The zero-order valence-corrected chi connectivity index (χ0v) is 13.4. The average molecular weight is 324 g/mol. The normalized spacial score (nSPS) is 14.3. The van der Waals surface area contributed by atoms with Crippen molar-refractivity contribution >= 4 is 17.5 Å². The standard InChI is InChI=1S/C18H20N4O2/c23-17(20-14-15-6-4-5-9-19-15)18(24)22-12-10-21(11-13-22)16-7-2-1-3-8-16/h1-9H,10-14H2,(H,20,23). The van der Waals surface area contributed by atoms with Crippen molar-refractivity contribution in [2.24, 2.45) is 0 Å². The molecule has 0 spiro atoms. The molecule has 24 heavy (non-hydrogen) atoms. The molecule has 1 aromatic carbocycles. The molecule has 3 rings (SSSR count). The quantitative estimate of drug-likeness (QED) is 0.857. The first-order valence-corrected chi connectivity index (χ1v) is 8.01. The van der Waals surface area contributed by atoms with E-state index in [1.807, 2.05) is 36.4 Å². The molecular formula is C18H20N4O2. The molecule has 0 radical (unpaired) electrons. The number of amides is 2. The van der Waals surface area contributed by atoms with Gasteiger partial charge in [0.1, 0.15) is 0 Å². The molecule has 0 bridgehead atoms. The topological polar surface area (TPSA) is 65.5 Å². The summed E-state index contributed by atoms with van der Waals surface area (Å²) in [6.07, 6.45) is 1.66. The molecule has 1 saturated heterocycles. The van der Waals surface area contributed by atoms with Gasteiger partial charge in [-0.2, -0.15) is 0 Å². The van der Waals surface area contributed by atoms with Crippen molar-refractivity contribution in [2.45, 2.75) is 6.54 Å². The van der Waals surface area contributed by atoms with Crippen molar-refractivity contribution in [2.75, 3.05) is 31.1 Å². The molecule has 1 fully saturated rings. The van der Waals surface area contributed by atoms with Gasteiger partial charge in [0.15, 0.2) is 0 Å². The molecule has 6 nitrogen and oxygen atoms in total. The maximum Gasteiger partial charge on any atom is 0.312 e. The number of anilines is 1. The van der Waals surface area contributed by atoms with Gasteiger partial charge in [0, 0.05) is 38.1 Å². The summed E-state index contributed by atoms with van der Waals surface area (Å²) >= 11 is 0. The molecule has 1 aliphatic heterocycles. The lowest BCUT2D eigenvalue weighted by molar-refractivity contribution is -0.146. The number of nitrogens with one attached hydrogen (secondary N) is 1. The fourth-order valence-corrected chi connectivity index (χ4v) is 2.70. The summed E-state index contributed by atoms with van der Waals surface area (Å²) < 4.78 is 0. The van der Waals surface area contributed by atoms with Crippen molar-refractivity contribution in [1.82, 2.24) is 15.2 Å². The van der Waals surface area contributed by atoms with Crippen molar-refractivity contribution in [3.63, 3.8) is 0 Å². The van der Waals surface area contributed by atoms with Crippen LogP contribution in [0.25, 0.3) is 0 Å². The SMILES string of the molecule is O=C(NCc1ccccn1)C(=O)N1CCN(c2ccccc2)CC1. The van der Waals surface area contributed by atoms with Crippen LogP contribution in [0.5, 0.6) is 0 Å². The Bertz CT molecular complexity index is 683. The number of nitrogens with zero attached hydrogens (tertiary/aromatic N) is 3. The smallest absolute Gasteiger partial charge is 0.312 e. The number of aromatic nitrogens is 1. The van der Waals surface area contributed by atoms with Gasteiger partial charge in [0.05, 0.1) is 12.2 Å². The van der Waals surface area contributed by atoms with Crippen molar-refractivity contribution in [1.29, 1.82) is 0 Å². The van der Waals surface area contributed by atoms with Crippen LogP contribution in [-0.4, -0.2) is 47.9 Å². The number of pyridine rings is 1. The molecule has 0 saturated carbocycles. The lowest BCUT2D eigenvalue weighted by Gasteiger charge is -2.35. The Morgan fingerprint density at radius 2 is 1.67 bits per heavy atom. The van der Waals surface area contributed by atoms with E-state index in [0.717, 1.165) is 24.5 Å². The van der Waals surface area contributed by atoms with Gasteiger partial charge in [-0.05, 0) is 24.3 Å². The fraction of sp³-hybridized carbons (Fsp3) is 0.278.